The van der Waals surface area contributed by atoms with E-state index < -0.39 is 5.91 Å². The molecule has 6 nitrogen and oxygen atoms in total. The number of primary amides is 1. The fraction of sp³-hybridized carbons (Fsp3) is 0.476. The summed E-state index contributed by atoms with van der Waals surface area (Å²) in [7, 11) is 0. The lowest BCUT2D eigenvalue weighted by atomic mass is 10.1. The topological polar surface area (TPSA) is 88.3 Å². The largest absolute Gasteiger partial charge is 0.372 e. The van der Waals surface area contributed by atoms with Crippen LogP contribution in [0.3, 0.4) is 0 Å². The van der Waals surface area contributed by atoms with E-state index >= 15 is 0 Å². The number of benzene rings is 1. The van der Waals surface area contributed by atoms with Crippen molar-refractivity contribution >= 4 is 34.5 Å². The van der Waals surface area contributed by atoms with Crippen LogP contribution in [0.4, 0.5) is 11.4 Å². The third-order valence-corrected chi connectivity index (χ3v) is 6.62. The summed E-state index contributed by atoms with van der Waals surface area (Å²) >= 11 is 1.45. The minimum atomic E-state index is -0.537. The molecule has 0 atom stereocenters. The molecule has 0 bridgehead atoms. The van der Waals surface area contributed by atoms with E-state index in [-0.39, 0.29) is 5.91 Å². The summed E-state index contributed by atoms with van der Waals surface area (Å²) in [5.41, 5.74) is 8.12. The van der Waals surface area contributed by atoms with E-state index in [4.69, 9.17) is 5.73 Å². The molecule has 2 heterocycles. The van der Waals surface area contributed by atoms with E-state index in [9.17, 15) is 9.59 Å². The van der Waals surface area contributed by atoms with Crippen molar-refractivity contribution in [1.29, 1.82) is 0 Å². The summed E-state index contributed by atoms with van der Waals surface area (Å²) in [6.07, 6.45) is 7.01. The Bertz CT molecular complexity index is 898. The molecule has 0 radical (unpaired) electrons. The summed E-state index contributed by atoms with van der Waals surface area (Å²) in [5.74, 6) is -0.0415. The quantitative estimate of drug-likeness (QED) is 0.776. The van der Waals surface area contributed by atoms with E-state index in [2.05, 4.69) is 15.2 Å². The number of thiazole rings is 1. The second kappa shape index (κ2) is 7.91. The lowest BCUT2D eigenvalue weighted by molar-refractivity contribution is 0.100. The number of aryl methyl sites for hydroxylation is 1. The summed E-state index contributed by atoms with van der Waals surface area (Å²) in [6, 6.07) is 5.52. The van der Waals surface area contributed by atoms with E-state index in [1.54, 1.807) is 12.1 Å². The van der Waals surface area contributed by atoms with Gasteiger partial charge in [0.25, 0.3) is 11.8 Å². The Morgan fingerprint density at radius 2 is 2.00 bits per heavy atom. The first-order valence-corrected chi connectivity index (χ1v) is 10.8. The van der Waals surface area contributed by atoms with Gasteiger partial charge < -0.3 is 16.0 Å². The Kier molecular flexibility index (Phi) is 5.35. The molecule has 3 N–H and O–H groups in total. The van der Waals surface area contributed by atoms with Gasteiger partial charge in [-0.3, -0.25) is 9.59 Å². The Hall–Kier alpha value is -2.41. The standard InChI is InChI=1S/C21H26N4O2S/c1-13-19(28-18(23-13)11-14-5-6-14)21(27)24-17-8-7-15(12-16(17)20(22)26)25-9-3-2-4-10-25/h7-8,12,14H,2-6,9-11H2,1H3,(H2,22,26)(H,24,27). The highest BCUT2D eigenvalue weighted by atomic mass is 32.1. The molecule has 0 unspecified atom stereocenters. The summed E-state index contributed by atoms with van der Waals surface area (Å²) < 4.78 is 0. The lowest BCUT2D eigenvalue weighted by Gasteiger charge is -2.29. The molecule has 4 rings (SSSR count). The second-order valence-electron chi connectivity index (χ2n) is 7.77. The van der Waals surface area contributed by atoms with Gasteiger partial charge in [-0.2, -0.15) is 0 Å². The number of nitrogens with two attached hydrogens (primary N) is 1. The summed E-state index contributed by atoms with van der Waals surface area (Å²) in [4.78, 5) is 32.2. The predicted molar refractivity (Wildman–Crippen MR) is 112 cm³/mol. The molecule has 2 aliphatic rings. The number of hydrogen-bond donors (Lipinski definition) is 2. The average molecular weight is 399 g/mol. The average Bonchev–Trinajstić information content (AvgIpc) is 3.42. The molecule has 1 aliphatic carbocycles. The monoisotopic (exact) mass is 398 g/mol. The summed E-state index contributed by atoms with van der Waals surface area (Å²) in [6.45, 7) is 3.82. The number of carbonyl (C=O) groups is 2. The second-order valence-corrected chi connectivity index (χ2v) is 8.85. The van der Waals surface area contributed by atoms with Gasteiger partial charge in [-0.05, 0) is 63.1 Å². The van der Waals surface area contributed by atoms with Gasteiger partial charge in [0.1, 0.15) is 4.88 Å². The van der Waals surface area contributed by atoms with Crippen LogP contribution in [0.15, 0.2) is 18.2 Å². The molecule has 1 saturated carbocycles. The van der Waals surface area contributed by atoms with E-state index in [0.29, 0.717) is 16.1 Å². The van der Waals surface area contributed by atoms with Gasteiger partial charge >= 0.3 is 0 Å². The Morgan fingerprint density at radius 1 is 1.25 bits per heavy atom. The van der Waals surface area contributed by atoms with E-state index in [1.165, 1.54) is 30.6 Å². The van der Waals surface area contributed by atoms with Crippen LogP contribution in [0.1, 0.15) is 62.8 Å². The van der Waals surface area contributed by atoms with Gasteiger partial charge in [0.05, 0.1) is 22.0 Å². The number of nitrogens with zero attached hydrogens (tertiary/aromatic N) is 2. The number of aromatic nitrogens is 1. The molecule has 2 amide bonds. The van der Waals surface area contributed by atoms with Crippen molar-refractivity contribution in [3.05, 3.63) is 39.3 Å². The molecule has 1 aromatic heterocycles. The zero-order chi connectivity index (χ0) is 19.7. The number of piperidine rings is 1. The van der Waals surface area contributed by atoms with Crippen LogP contribution in [0.25, 0.3) is 0 Å². The first-order valence-electron chi connectivity index (χ1n) is 9.97. The smallest absolute Gasteiger partial charge is 0.267 e. The van der Waals surface area contributed by atoms with Crippen LogP contribution < -0.4 is 16.0 Å². The molecule has 2 fully saturated rings. The Balaban J connectivity index is 1.53. The Labute approximate surface area is 169 Å². The molecule has 148 valence electrons. The van der Waals surface area contributed by atoms with Crippen LogP contribution >= 0.6 is 11.3 Å². The van der Waals surface area contributed by atoms with Gasteiger partial charge in [0, 0.05) is 25.2 Å². The van der Waals surface area contributed by atoms with Gasteiger partial charge in [0.15, 0.2) is 0 Å². The van der Waals surface area contributed by atoms with Crippen molar-refractivity contribution in [2.45, 2.75) is 45.4 Å². The third kappa shape index (κ3) is 4.19. The van der Waals surface area contributed by atoms with Crippen molar-refractivity contribution in [2.24, 2.45) is 11.7 Å². The normalized spacial score (nSPS) is 16.8. The van der Waals surface area contributed by atoms with Gasteiger partial charge in [-0.25, -0.2) is 4.98 Å². The van der Waals surface area contributed by atoms with E-state index in [0.717, 1.165) is 54.7 Å². The fourth-order valence-electron chi connectivity index (χ4n) is 3.69. The number of hydrogen-bond acceptors (Lipinski definition) is 5. The van der Waals surface area contributed by atoms with E-state index in [1.807, 2.05) is 13.0 Å². The molecule has 1 aliphatic heterocycles. The van der Waals surface area contributed by atoms with Crippen molar-refractivity contribution in [3.63, 3.8) is 0 Å². The molecular weight excluding hydrogens is 372 g/mol. The van der Waals surface area contributed by atoms with Gasteiger partial charge in [0.2, 0.25) is 0 Å². The van der Waals surface area contributed by atoms with Crippen molar-refractivity contribution in [3.8, 4) is 0 Å². The predicted octanol–water partition coefficient (Wildman–Crippen LogP) is 3.75. The van der Waals surface area contributed by atoms with Crippen LogP contribution in [0, 0.1) is 12.8 Å². The molecule has 1 saturated heterocycles. The van der Waals surface area contributed by atoms with Crippen LogP contribution in [0.2, 0.25) is 0 Å². The van der Waals surface area contributed by atoms with Crippen LogP contribution in [-0.2, 0) is 6.42 Å². The lowest BCUT2D eigenvalue weighted by Crippen LogP contribution is -2.29. The zero-order valence-electron chi connectivity index (χ0n) is 16.2. The van der Waals surface area contributed by atoms with Crippen molar-refractivity contribution in [2.75, 3.05) is 23.3 Å². The molecule has 1 aromatic carbocycles. The molecule has 2 aromatic rings. The maximum Gasteiger partial charge on any atom is 0.267 e. The number of nitrogens with one attached hydrogen (secondary N) is 1. The Morgan fingerprint density at radius 3 is 2.68 bits per heavy atom. The highest BCUT2D eigenvalue weighted by Crippen LogP contribution is 2.34. The maximum absolute atomic E-state index is 12.8. The maximum atomic E-state index is 12.8. The molecular formula is C21H26N4O2S. The van der Waals surface area contributed by atoms with Crippen LogP contribution in [0.5, 0.6) is 0 Å². The highest BCUT2D eigenvalue weighted by Gasteiger charge is 2.25. The minimum Gasteiger partial charge on any atom is -0.372 e. The SMILES string of the molecule is Cc1nc(CC2CC2)sc1C(=O)Nc1ccc(N2CCCCC2)cc1C(N)=O. The minimum absolute atomic E-state index is 0.231. The van der Waals surface area contributed by atoms with Crippen molar-refractivity contribution < 1.29 is 9.59 Å². The van der Waals surface area contributed by atoms with Crippen molar-refractivity contribution in [1.82, 2.24) is 4.98 Å². The number of rotatable bonds is 6. The number of anilines is 2. The zero-order valence-corrected chi connectivity index (χ0v) is 17.0. The summed E-state index contributed by atoms with van der Waals surface area (Å²) in [5, 5.41) is 3.89. The molecule has 28 heavy (non-hydrogen) atoms. The van der Waals surface area contributed by atoms with Gasteiger partial charge in [-0.1, -0.05) is 0 Å². The van der Waals surface area contributed by atoms with Gasteiger partial charge in [-0.15, -0.1) is 11.3 Å². The fourth-order valence-corrected chi connectivity index (χ4v) is 4.77. The molecule has 7 heteroatoms. The number of carbonyl (C=O) groups excluding carboxylic acids is 2. The first kappa shape index (κ1) is 18.9. The van der Waals surface area contributed by atoms with Crippen LogP contribution in [-0.4, -0.2) is 29.9 Å². The first-order chi connectivity index (χ1) is 13.5. The third-order valence-electron chi connectivity index (χ3n) is 5.45. The number of amides is 2. The molecule has 0 spiro atoms. The highest BCUT2D eigenvalue weighted by molar-refractivity contribution is 7.13.